The second-order valence-corrected chi connectivity index (χ2v) is 3.39. The summed E-state index contributed by atoms with van der Waals surface area (Å²) in [7, 11) is 3.84. The van der Waals surface area contributed by atoms with Crippen molar-refractivity contribution in [3.8, 4) is 0 Å². The molecule has 2 rings (SSSR count). The molecule has 0 unspecified atom stereocenters. The van der Waals surface area contributed by atoms with Crippen molar-refractivity contribution in [1.82, 2.24) is 19.3 Å². The summed E-state index contributed by atoms with van der Waals surface area (Å²) in [6.07, 6.45) is 6.56. The zero-order chi connectivity index (χ0) is 10.7. The van der Waals surface area contributed by atoms with Crippen LogP contribution >= 0.6 is 0 Å². The lowest BCUT2D eigenvalue weighted by atomic mass is 10.3. The van der Waals surface area contributed by atoms with Crippen LogP contribution in [0.15, 0.2) is 24.7 Å². The quantitative estimate of drug-likeness (QED) is 0.806. The molecule has 0 radical (unpaired) electrons. The highest BCUT2D eigenvalue weighted by Gasteiger charge is 2.02. The first kappa shape index (κ1) is 9.76. The summed E-state index contributed by atoms with van der Waals surface area (Å²) in [4.78, 5) is 4.19. The van der Waals surface area contributed by atoms with Gasteiger partial charge in [0.25, 0.3) is 0 Å². The summed E-state index contributed by atoms with van der Waals surface area (Å²) in [6, 6.07) is 2.04. The Morgan fingerprint density at radius 3 is 2.93 bits per heavy atom. The molecule has 2 aromatic heterocycles. The summed E-state index contributed by atoms with van der Waals surface area (Å²) in [5, 5.41) is 7.19. The van der Waals surface area contributed by atoms with Gasteiger partial charge in [-0.15, -0.1) is 0 Å². The average Bonchev–Trinajstić information content (AvgIpc) is 2.83. The molecule has 0 spiro atoms. The summed E-state index contributed by atoms with van der Waals surface area (Å²) in [5.41, 5.74) is 1.23. The maximum atomic E-state index is 4.19. The third-order valence-electron chi connectivity index (χ3n) is 2.47. The van der Waals surface area contributed by atoms with Crippen LogP contribution in [0, 0.1) is 0 Å². The molecule has 5 nitrogen and oxygen atoms in total. The maximum absolute atomic E-state index is 4.19. The lowest BCUT2D eigenvalue weighted by Crippen LogP contribution is -2.07. The number of nitrogens with zero attached hydrogens (tertiary/aromatic N) is 4. The third kappa shape index (κ3) is 2.01. The first-order valence-corrected chi connectivity index (χ1v) is 4.97. The Balaban J connectivity index is 2.02. The fraction of sp³-hybridized carbons (Fsp3) is 0.400. The first-order valence-electron chi connectivity index (χ1n) is 4.97. The van der Waals surface area contributed by atoms with Crippen LogP contribution in [0.4, 0.5) is 5.95 Å². The zero-order valence-electron chi connectivity index (χ0n) is 9.01. The van der Waals surface area contributed by atoms with Crippen molar-refractivity contribution in [2.24, 2.45) is 7.05 Å². The largest absolute Gasteiger partial charge is 0.359 e. The molecule has 0 saturated heterocycles. The van der Waals surface area contributed by atoms with Gasteiger partial charge in [0.1, 0.15) is 0 Å². The number of nitrogens with one attached hydrogen (secondary N) is 1. The van der Waals surface area contributed by atoms with E-state index in [0.717, 1.165) is 18.9 Å². The van der Waals surface area contributed by atoms with E-state index in [2.05, 4.69) is 20.0 Å². The molecule has 0 aliphatic rings. The molecular formula is C10H15N5. The van der Waals surface area contributed by atoms with Crippen LogP contribution in [0.3, 0.4) is 0 Å². The fourth-order valence-electron chi connectivity index (χ4n) is 1.60. The van der Waals surface area contributed by atoms with Crippen LogP contribution in [0.2, 0.25) is 0 Å². The van der Waals surface area contributed by atoms with Gasteiger partial charge in [0, 0.05) is 51.3 Å². The molecular weight excluding hydrogens is 190 g/mol. The molecule has 0 atom stereocenters. The monoisotopic (exact) mass is 205 g/mol. The highest BCUT2D eigenvalue weighted by atomic mass is 15.3. The van der Waals surface area contributed by atoms with Crippen LogP contribution in [0.1, 0.15) is 5.69 Å². The second kappa shape index (κ2) is 4.16. The molecule has 0 aliphatic heterocycles. The van der Waals surface area contributed by atoms with E-state index in [1.54, 1.807) is 6.20 Å². The summed E-state index contributed by atoms with van der Waals surface area (Å²) < 4.78 is 3.99. The Bertz CT molecular complexity index is 428. The molecule has 0 saturated carbocycles. The van der Waals surface area contributed by atoms with Crippen LogP contribution in [-0.2, 0) is 20.0 Å². The second-order valence-electron chi connectivity index (χ2n) is 3.39. The number of hydrogen-bond acceptors (Lipinski definition) is 3. The van der Waals surface area contributed by atoms with Gasteiger partial charge in [-0.05, 0) is 6.07 Å². The predicted octanol–water partition coefficient (Wildman–Crippen LogP) is 0.901. The van der Waals surface area contributed by atoms with Gasteiger partial charge in [-0.25, -0.2) is 4.98 Å². The Morgan fingerprint density at radius 1 is 1.40 bits per heavy atom. The summed E-state index contributed by atoms with van der Waals surface area (Å²) >= 11 is 0. The van der Waals surface area contributed by atoms with Gasteiger partial charge in [-0.1, -0.05) is 0 Å². The molecule has 80 valence electrons. The van der Waals surface area contributed by atoms with Gasteiger partial charge < -0.3 is 9.88 Å². The topological polar surface area (TPSA) is 47.7 Å². The minimum atomic E-state index is 0.900. The Labute approximate surface area is 88.7 Å². The van der Waals surface area contributed by atoms with Crippen molar-refractivity contribution in [2.45, 2.75) is 13.0 Å². The van der Waals surface area contributed by atoms with E-state index in [1.165, 1.54) is 5.69 Å². The van der Waals surface area contributed by atoms with Gasteiger partial charge in [0.2, 0.25) is 5.95 Å². The number of aryl methyl sites for hydroxylation is 3. The maximum Gasteiger partial charge on any atom is 0.202 e. The van der Waals surface area contributed by atoms with Crippen molar-refractivity contribution >= 4 is 5.95 Å². The van der Waals surface area contributed by atoms with Gasteiger partial charge in [0.05, 0.1) is 0 Å². The summed E-state index contributed by atoms with van der Waals surface area (Å²) in [5.74, 6) is 0.900. The van der Waals surface area contributed by atoms with Crippen LogP contribution in [0.5, 0.6) is 0 Å². The van der Waals surface area contributed by atoms with Gasteiger partial charge in [0.15, 0.2) is 0 Å². The Morgan fingerprint density at radius 2 is 2.27 bits per heavy atom. The predicted molar refractivity (Wildman–Crippen MR) is 58.7 cm³/mol. The molecule has 1 N–H and O–H groups in total. The van der Waals surface area contributed by atoms with Crippen LogP contribution in [0.25, 0.3) is 0 Å². The molecule has 0 bridgehead atoms. The normalized spacial score (nSPS) is 10.5. The van der Waals surface area contributed by atoms with E-state index in [4.69, 9.17) is 0 Å². The SMILES string of the molecule is CNc1nccn1CCc1ccnn1C. The minimum Gasteiger partial charge on any atom is -0.359 e. The average molecular weight is 205 g/mol. The van der Waals surface area contributed by atoms with Crippen LogP contribution in [-0.4, -0.2) is 26.4 Å². The number of anilines is 1. The Hall–Kier alpha value is -1.78. The van der Waals surface area contributed by atoms with Gasteiger partial charge >= 0.3 is 0 Å². The number of hydrogen-bond donors (Lipinski definition) is 1. The molecule has 0 aromatic carbocycles. The first-order chi connectivity index (χ1) is 7.31. The van der Waals surface area contributed by atoms with E-state index in [-0.39, 0.29) is 0 Å². The molecule has 0 fully saturated rings. The third-order valence-corrected chi connectivity index (χ3v) is 2.47. The van der Waals surface area contributed by atoms with E-state index in [9.17, 15) is 0 Å². The number of rotatable bonds is 4. The zero-order valence-corrected chi connectivity index (χ0v) is 9.01. The minimum absolute atomic E-state index is 0.900. The molecule has 2 aromatic rings. The lowest BCUT2D eigenvalue weighted by molar-refractivity contribution is 0.640. The van der Waals surface area contributed by atoms with Crippen molar-refractivity contribution in [3.05, 3.63) is 30.4 Å². The van der Waals surface area contributed by atoms with Crippen molar-refractivity contribution < 1.29 is 0 Å². The van der Waals surface area contributed by atoms with E-state index in [1.807, 2.05) is 37.2 Å². The lowest BCUT2D eigenvalue weighted by Gasteiger charge is -2.06. The Kier molecular flexibility index (Phi) is 2.71. The van der Waals surface area contributed by atoms with Crippen molar-refractivity contribution in [2.75, 3.05) is 12.4 Å². The smallest absolute Gasteiger partial charge is 0.202 e. The highest BCUT2D eigenvalue weighted by molar-refractivity contribution is 5.24. The van der Waals surface area contributed by atoms with E-state index < -0.39 is 0 Å². The molecule has 0 amide bonds. The molecule has 2 heterocycles. The van der Waals surface area contributed by atoms with E-state index in [0.29, 0.717) is 0 Å². The van der Waals surface area contributed by atoms with E-state index >= 15 is 0 Å². The number of imidazole rings is 1. The molecule has 15 heavy (non-hydrogen) atoms. The van der Waals surface area contributed by atoms with Crippen molar-refractivity contribution in [1.29, 1.82) is 0 Å². The van der Waals surface area contributed by atoms with Gasteiger partial charge in [-0.3, -0.25) is 4.68 Å². The highest BCUT2D eigenvalue weighted by Crippen LogP contribution is 2.06. The molecule has 0 aliphatic carbocycles. The number of aromatic nitrogens is 4. The standard InChI is InChI=1S/C10H15N5/c1-11-10-12-6-8-15(10)7-4-9-3-5-13-14(9)2/h3,5-6,8H,4,7H2,1-2H3,(H,11,12). The molecule has 5 heteroatoms. The fourth-order valence-corrected chi connectivity index (χ4v) is 1.60. The van der Waals surface area contributed by atoms with Gasteiger partial charge in [-0.2, -0.15) is 5.10 Å². The van der Waals surface area contributed by atoms with Crippen molar-refractivity contribution in [3.63, 3.8) is 0 Å². The summed E-state index contributed by atoms with van der Waals surface area (Å²) in [6.45, 7) is 0.912. The van der Waals surface area contributed by atoms with Crippen LogP contribution < -0.4 is 5.32 Å².